The Morgan fingerprint density at radius 1 is 1.11 bits per heavy atom. The van der Waals surface area contributed by atoms with Crippen LogP contribution in [0.25, 0.3) is 0 Å². The van der Waals surface area contributed by atoms with Crippen molar-refractivity contribution in [1.29, 1.82) is 0 Å². The molecule has 1 aromatic heterocycles. The van der Waals surface area contributed by atoms with E-state index in [-0.39, 0.29) is 12.1 Å². The van der Waals surface area contributed by atoms with Crippen molar-refractivity contribution in [3.05, 3.63) is 29.1 Å². The summed E-state index contributed by atoms with van der Waals surface area (Å²) in [6, 6.07) is 0.289. The molecule has 0 fully saturated rings. The molecule has 0 atom stereocenters. The molecule has 0 saturated heterocycles. The number of esters is 1. The SMILES string of the molecule is COC(=O)c1nc(C(F)(F)F)ccc1C(F)(F)F. The van der Waals surface area contributed by atoms with E-state index in [4.69, 9.17) is 0 Å². The van der Waals surface area contributed by atoms with Crippen LogP contribution >= 0.6 is 0 Å². The third-order valence-corrected chi connectivity index (χ3v) is 1.87. The Labute approximate surface area is 96.4 Å². The molecule has 18 heavy (non-hydrogen) atoms. The number of hydrogen-bond acceptors (Lipinski definition) is 3. The maximum absolute atomic E-state index is 12.4. The highest BCUT2D eigenvalue weighted by Gasteiger charge is 2.40. The minimum atomic E-state index is -5.00. The predicted octanol–water partition coefficient (Wildman–Crippen LogP) is 2.91. The van der Waals surface area contributed by atoms with Crippen LogP contribution in [0.2, 0.25) is 0 Å². The lowest BCUT2D eigenvalue weighted by molar-refractivity contribution is -0.144. The van der Waals surface area contributed by atoms with Crippen LogP contribution in [0.4, 0.5) is 26.3 Å². The summed E-state index contributed by atoms with van der Waals surface area (Å²) in [6.07, 6.45) is -9.95. The topological polar surface area (TPSA) is 39.2 Å². The molecule has 1 rings (SSSR count). The third-order valence-electron chi connectivity index (χ3n) is 1.87. The normalized spacial score (nSPS) is 12.4. The maximum atomic E-state index is 12.4. The summed E-state index contributed by atoms with van der Waals surface area (Å²) in [5, 5.41) is 0. The van der Waals surface area contributed by atoms with E-state index in [2.05, 4.69) is 9.72 Å². The second-order valence-corrected chi connectivity index (χ2v) is 3.08. The molecule has 0 unspecified atom stereocenters. The highest BCUT2D eigenvalue weighted by Crippen LogP contribution is 2.34. The Bertz CT molecular complexity index is 465. The van der Waals surface area contributed by atoms with Gasteiger partial charge in [-0.3, -0.25) is 0 Å². The van der Waals surface area contributed by atoms with E-state index in [1.54, 1.807) is 0 Å². The number of carbonyl (C=O) groups excluding carboxylic acids is 1. The average Bonchev–Trinajstić information content (AvgIpc) is 2.24. The molecule has 0 aromatic carbocycles. The van der Waals surface area contributed by atoms with Crippen molar-refractivity contribution < 1.29 is 35.9 Å². The van der Waals surface area contributed by atoms with Crippen LogP contribution < -0.4 is 0 Å². The van der Waals surface area contributed by atoms with Gasteiger partial charge in [-0.25, -0.2) is 9.78 Å². The number of alkyl halides is 6. The molecule has 0 radical (unpaired) electrons. The van der Waals surface area contributed by atoms with E-state index in [1.807, 2.05) is 0 Å². The largest absolute Gasteiger partial charge is 0.464 e. The molecule has 1 aromatic rings. The van der Waals surface area contributed by atoms with Crippen molar-refractivity contribution in [2.75, 3.05) is 7.11 Å². The number of nitrogens with zero attached hydrogens (tertiary/aromatic N) is 1. The molecule has 1 heterocycles. The average molecular weight is 273 g/mol. The van der Waals surface area contributed by atoms with Gasteiger partial charge in [0.15, 0.2) is 5.69 Å². The second kappa shape index (κ2) is 4.46. The van der Waals surface area contributed by atoms with Gasteiger partial charge < -0.3 is 4.74 Å². The molecule has 0 N–H and O–H groups in total. The summed E-state index contributed by atoms with van der Waals surface area (Å²) < 4.78 is 78.1. The molecule has 0 aliphatic heterocycles. The van der Waals surface area contributed by atoms with Crippen LogP contribution in [0.3, 0.4) is 0 Å². The fourth-order valence-electron chi connectivity index (χ4n) is 1.10. The number of rotatable bonds is 1. The van der Waals surface area contributed by atoms with Gasteiger partial charge in [-0.2, -0.15) is 26.3 Å². The summed E-state index contributed by atoms with van der Waals surface area (Å²) in [6.45, 7) is 0. The highest BCUT2D eigenvalue weighted by molar-refractivity contribution is 5.89. The van der Waals surface area contributed by atoms with Crippen LogP contribution in [-0.4, -0.2) is 18.1 Å². The molecule has 0 spiro atoms. The predicted molar refractivity (Wildman–Crippen MR) is 45.6 cm³/mol. The van der Waals surface area contributed by atoms with Gasteiger partial charge >= 0.3 is 18.3 Å². The monoisotopic (exact) mass is 273 g/mol. The minimum Gasteiger partial charge on any atom is -0.464 e. The summed E-state index contributed by atoms with van der Waals surface area (Å²) in [5.41, 5.74) is -4.60. The summed E-state index contributed by atoms with van der Waals surface area (Å²) in [5.74, 6) is -1.59. The summed E-state index contributed by atoms with van der Waals surface area (Å²) >= 11 is 0. The molecule has 0 bridgehead atoms. The van der Waals surface area contributed by atoms with E-state index < -0.39 is 35.3 Å². The lowest BCUT2D eigenvalue weighted by Gasteiger charge is -2.13. The molecular formula is C9H5F6NO2. The van der Waals surface area contributed by atoms with E-state index in [9.17, 15) is 31.1 Å². The van der Waals surface area contributed by atoms with Gasteiger partial charge in [-0.1, -0.05) is 0 Å². The van der Waals surface area contributed by atoms with Gasteiger partial charge in [-0.15, -0.1) is 0 Å². The van der Waals surface area contributed by atoms with Crippen molar-refractivity contribution in [2.45, 2.75) is 12.4 Å². The quantitative estimate of drug-likeness (QED) is 0.583. The van der Waals surface area contributed by atoms with Gasteiger partial charge in [0.2, 0.25) is 0 Å². The fourth-order valence-corrected chi connectivity index (χ4v) is 1.10. The van der Waals surface area contributed by atoms with Crippen LogP contribution in [-0.2, 0) is 17.1 Å². The first kappa shape index (κ1) is 14.3. The number of pyridine rings is 1. The molecule has 100 valence electrons. The molecule has 0 aliphatic carbocycles. The molecular weight excluding hydrogens is 268 g/mol. The smallest absolute Gasteiger partial charge is 0.433 e. The number of methoxy groups -OCH3 is 1. The second-order valence-electron chi connectivity index (χ2n) is 3.08. The summed E-state index contributed by atoms with van der Waals surface area (Å²) in [7, 11) is 0.741. The van der Waals surface area contributed by atoms with Crippen molar-refractivity contribution in [3.8, 4) is 0 Å². The zero-order valence-electron chi connectivity index (χ0n) is 8.69. The van der Waals surface area contributed by atoms with Gasteiger partial charge in [0.25, 0.3) is 0 Å². The van der Waals surface area contributed by atoms with E-state index in [0.717, 1.165) is 7.11 Å². The Morgan fingerprint density at radius 2 is 1.67 bits per heavy atom. The Hall–Kier alpha value is -1.80. The Kier molecular flexibility index (Phi) is 3.54. The fraction of sp³-hybridized carbons (Fsp3) is 0.333. The van der Waals surface area contributed by atoms with Crippen LogP contribution in [0.15, 0.2) is 12.1 Å². The van der Waals surface area contributed by atoms with Gasteiger partial charge in [0.1, 0.15) is 5.69 Å². The first-order chi connectivity index (χ1) is 8.07. The zero-order valence-corrected chi connectivity index (χ0v) is 8.69. The first-order valence-corrected chi connectivity index (χ1v) is 4.31. The number of ether oxygens (including phenoxy) is 1. The van der Waals surface area contributed by atoms with E-state index in [0.29, 0.717) is 0 Å². The maximum Gasteiger partial charge on any atom is 0.433 e. The van der Waals surface area contributed by atoms with E-state index in [1.165, 1.54) is 0 Å². The lowest BCUT2D eigenvalue weighted by atomic mass is 10.1. The molecule has 3 nitrogen and oxygen atoms in total. The number of hydrogen-bond donors (Lipinski definition) is 0. The number of halogens is 6. The summed E-state index contributed by atoms with van der Waals surface area (Å²) in [4.78, 5) is 13.7. The van der Waals surface area contributed by atoms with Crippen molar-refractivity contribution in [3.63, 3.8) is 0 Å². The molecule has 0 aliphatic rings. The standard InChI is InChI=1S/C9H5F6NO2/c1-18-7(17)6-4(8(10,11)12)2-3-5(16-6)9(13,14)15/h2-3H,1H3. The van der Waals surface area contributed by atoms with Crippen molar-refractivity contribution >= 4 is 5.97 Å². The first-order valence-electron chi connectivity index (χ1n) is 4.31. The van der Waals surface area contributed by atoms with Crippen LogP contribution in [0.1, 0.15) is 21.7 Å². The van der Waals surface area contributed by atoms with Crippen LogP contribution in [0, 0.1) is 0 Å². The Balaban J connectivity index is 3.44. The molecule has 0 saturated carbocycles. The number of aromatic nitrogens is 1. The van der Waals surface area contributed by atoms with Gasteiger partial charge in [0, 0.05) is 0 Å². The third kappa shape index (κ3) is 2.90. The highest BCUT2D eigenvalue weighted by atomic mass is 19.4. The van der Waals surface area contributed by atoms with Crippen molar-refractivity contribution in [1.82, 2.24) is 4.98 Å². The number of carbonyl (C=O) groups is 1. The van der Waals surface area contributed by atoms with Crippen LogP contribution in [0.5, 0.6) is 0 Å². The minimum absolute atomic E-state index is 0.141. The van der Waals surface area contributed by atoms with E-state index >= 15 is 0 Å². The lowest BCUT2D eigenvalue weighted by Crippen LogP contribution is -2.19. The van der Waals surface area contributed by atoms with Crippen molar-refractivity contribution in [2.24, 2.45) is 0 Å². The zero-order chi connectivity index (χ0) is 14.1. The molecule has 0 amide bonds. The molecule has 9 heteroatoms. The van der Waals surface area contributed by atoms with Gasteiger partial charge in [-0.05, 0) is 12.1 Å². The van der Waals surface area contributed by atoms with Gasteiger partial charge in [0.05, 0.1) is 12.7 Å². The Morgan fingerprint density at radius 3 is 2.06 bits per heavy atom.